The number of hydrogen-bond donors (Lipinski definition) is 1. The summed E-state index contributed by atoms with van der Waals surface area (Å²) in [7, 11) is -3.54. The monoisotopic (exact) mass is 392 g/mol. The van der Waals surface area contributed by atoms with Gasteiger partial charge in [0.05, 0.1) is 10.6 Å². The van der Waals surface area contributed by atoms with Gasteiger partial charge in [0.15, 0.2) is 0 Å². The van der Waals surface area contributed by atoms with E-state index in [1.165, 1.54) is 22.1 Å². The number of amides is 1. The highest BCUT2D eigenvalue weighted by molar-refractivity contribution is 8.00. The molecule has 0 saturated heterocycles. The number of carbonyl (C=O) groups excluding carboxylic acids is 1. The Labute approximate surface area is 159 Å². The first-order valence-corrected chi connectivity index (χ1v) is 10.9. The lowest BCUT2D eigenvalue weighted by atomic mass is 10.2. The van der Waals surface area contributed by atoms with Crippen LogP contribution in [0.15, 0.2) is 58.3 Å². The summed E-state index contributed by atoms with van der Waals surface area (Å²) in [6, 6.07) is 14.3. The normalized spacial score (nSPS) is 11.5. The Morgan fingerprint density at radius 2 is 1.77 bits per heavy atom. The second-order valence-electron chi connectivity index (χ2n) is 5.72. The van der Waals surface area contributed by atoms with Crippen LogP contribution in [-0.4, -0.2) is 37.5 Å². The van der Waals surface area contributed by atoms with Crippen LogP contribution in [0.5, 0.6) is 0 Å². The molecule has 0 spiro atoms. The van der Waals surface area contributed by atoms with Crippen LogP contribution in [0, 0.1) is 6.92 Å². The minimum atomic E-state index is -3.54. The van der Waals surface area contributed by atoms with E-state index in [-0.39, 0.29) is 16.6 Å². The molecule has 0 saturated carbocycles. The van der Waals surface area contributed by atoms with Crippen LogP contribution in [0.2, 0.25) is 0 Å². The summed E-state index contributed by atoms with van der Waals surface area (Å²) in [6.45, 7) is 6.41. The van der Waals surface area contributed by atoms with Gasteiger partial charge in [0, 0.05) is 23.7 Å². The van der Waals surface area contributed by atoms with Crippen LogP contribution >= 0.6 is 11.8 Å². The number of rotatable bonds is 8. The molecule has 0 aliphatic rings. The van der Waals surface area contributed by atoms with Crippen molar-refractivity contribution >= 4 is 33.4 Å². The number of anilines is 1. The van der Waals surface area contributed by atoms with Gasteiger partial charge in [0.2, 0.25) is 15.9 Å². The van der Waals surface area contributed by atoms with Gasteiger partial charge in [0.25, 0.3) is 0 Å². The molecule has 0 aliphatic heterocycles. The lowest BCUT2D eigenvalue weighted by molar-refractivity contribution is -0.113. The molecule has 0 aromatic heterocycles. The van der Waals surface area contributed by atoms with Crippen molar-refractivity contribution in [3.8, 4) is 0 Å². The molecule has 2 rings (SSSR count). The molecule has 2 aromatic carbocycles. The summed E-state index contributed by atoms with van der Waals surface area (Å²) < 4.78 is 26.6. The van der Waals surface area contributed by atoms with Gasteiger partial charge >= 0.3 is 0 Å². The first kappa shape index (κ1) is 20.5. The van der Waals surface area contributed by atoms with Crippen molar-refractivity contribution in [2.45, 2.75) is 30.6 Å². The largest absolute Gasteiger partial charge is 0.325 e. The number of aryl methyl sites for hydroxylation is 1. The molecule has 0 bridgehead atoms. The number of carbonyl (C=O) groups is 1. The minimum absolute atomic E-state index is 0.171. The molecule has 0 unspecified atom stereocenters. The van der Waals surface area contributed by atoms with E-state index in [0.717, 1.165) is 10.5 Å². The van der Waals surface area contributed by atoms with Crippen molar-refractivity contribution in [3.63, 3.8) is 0 Å². The number of nitrogens with zero attached hydrogens (tertiary/aromatic N) is 1. The maximum absolute atomic E-state index is 12.6. The van der Waals surface area contributed by atoms with E-state index < -0.39 is 10.0 Å². The quantitative estimate of drug-likeness (QED) is 0.695. The second kappa shape index (κ2) is 9.21. The van der Waals surface area contributed by atoms with Crippen molar-refractivity contribution in [2.75, 3.05) is 24.2 Å². The predicted octanol–water partition coefficient (Wildman–Crippen LogP) is 3.76. The van der Waals surface area contributed by atoms with Gasteiger partial charge in [0.1, 0.15) is 0 Å². The molecule has 5 nitrogen and oxygen atoms in total. The molecule has 26 heavy (non-hydrogen) atoms. The summed E-state index contributed by atoms with van der Waals surface area (Å²) >= 11 is 1.46. The SMILES string of the molecule is CCN(CC)S(=O)(=O)c1cccc(NC(=O)CSc2ccccc2C)c1. The average molecular weight is 393 g/mol. The van der Waals surface area contributed by atoms with Gasteiger partial charge in [-0.15, -0.1) is 11.8 Å². The van der Waals surface area contributed by atoms with Gasteiger partial charge in [-0.3, -0.25) is 4.79 Å². The Morgan fingerprint density at radius 3 is 2.42 bits per heavy atom. The molecule has 0 radical (unpaired) electrons. The van der Waals surface area contributed by atoms with Gasteiger partial charge in [-0.1, -0.05) is 38.1 Å². The van der Waals surface area contributed by atoms with Crippen LogP contribution < -0.4 is 5.32 Å². The van der Waals surface area contributed by atoms with E-state index in [9.17, 15) is 13.2 Å². The highest BCUT2D eigenvalue weighted by Crippen LogP contribution is 2.23. The molecule has 2 aromatic rings. The second-order valence-corrected chi connectivity index (χ2v) is 8.67. The van der Waals surface area contributed by atoms with Crippen LogP contribution in [-0.2, 0) is 14.8 Å². The lowest BCUT2D eigenvalue weighted by Crippen LogP contribution is -2.30. The van der Waals surface area contributed by atoms with Gasteiger partial charge < -0.3 is 5.32 Å². The standard InChI is InChI=1S/C19H24N2O3S2/c1-4-21(5-2)26(23,24)17-11-8-10-16(13-17)20-19(22)14-25-18-12-7-6-9-15(18)3/h6-13H,4-5,14H2,1-3H3,(H,20,22). The van der Waals surface area contributed by atoms with Gasteiger partial charge in [-0.05, 0) is 36.8 Å². The van der Waals surface area contributed by atoms with E-state index in [4.69, 9.17) is 0 Å². The fraction of sp³-hybridized carbons (Fsp3) is 0.316. The minimum Gasteiger partial charge on any atom is -0.325 e. The smallest absolute Gasteiger partial charge is 0.243 e. The van der Waals surface area contributed by atoms with Gasteiger partial charge in [-0.25, -0.2) is 8.42 Å². The highest BCUT2D eigenvalue weighted by atomic mass is 32.2. The summed E-state index contributed by atoms with van der Waals surface area (Å²) in [4.78, 5) is 13.5. The predicted molar refractivity (Wildman–Crippen MR) is 107 cm³/mol. The molecular formula is C19H24N2O3S2. The zero-order valence-electron chi connectivity index (χ0n) is 15.2. The third-order valence-corrected chi connectivity index (χ3v) is 7.13. The van der Waals surface area contributed by atoms with E-state index in [1.54, 1.807) is 32.0 Å². The third kappa shape index (κ3) is 5.09. The number of hydrogen-bond acceptors (Lipinski definition) is 4. The zero-order valence-corrected chi connectivity index (χ0v) is 16.9. The fourth-order valence-corrected chi connectivity index (χ4v) is 4.84. The Bertz CT molecular complexity index is 863. The number of sulfonamides is 1. The Kier molecular flexibility index (Phi) is 7.25. The van der Waals surface area contributed by atoms with Crippen molar-refractivity contribution in [1.29, 1.82) is 0 Å². The molecule has 0 fully saturated rings. The molecule has 1 N–H and O–H groups in total. The Hall–Kier alpha value is -1.83. The first-order chi connectivity index (χ1) is 12.4. The summed E-state index contributed by atoms with van der Waals surface area (Å²) in [6.07, 6.45) is 0. The van der Waals surface area contributed by atoms with E-state index in [0.29, 0.717) is 18.8 Å². The number of thioether (sulfide) groups is 1. The highest BCUT2D eigenvalue weighted by Gasteiger charge is 2.21. The maximum Gasteiger partial charge on any atom is 0.243 e. The van der Waals surface area contributed by atoms with E-state index in [2.05, 4.69) is 5.32 Å². The molecule has 7 heteroatoms. The van der Waals surface area contributed by atoms with Crippen LogP contribution in [0.1, 0.15) is 19.4 Å². The van der Waals surface area contributed by atoms with Crippen molar-refractivity contribution in [2.24, 2.45) is 0 Å². The number of nitrogens with one attached hydrogen (secondary N) is 1. The van der Waals surface area contributed by atoms with Crippen LogP contribution in [0.25, 0.3) is 0 Å². The maximum atomic E-state index is 12.6. The van der Waals surface area contributed by atoms with Crippen LogP contribution in [0.4, 0.5) is 5.69 Å². The molecule has 0 heterocycles. The van der Waals surface area contributed by atoms with Crippen molar-refractivity contribution < 1.29 is 13.2 Å². The molecular weight excluding hydrogens is 368 g/mol. The molecule has 1 amide bonds. The fourth-order valence-electron chi connectivity index (χ4n) is 2.51. The Balaban J connectivity index is 2.06. The molecule has 0 aliphatic carbocycles. The summed E-state index contributed by atoms with van der Waals surface area (Å²) in [5.74, 6) is 0.0911. The third-order valence-electron chi connectivity index (χ3n) is 3.91. The molecule has 0 atom stereocenters. The Morgan fingerprint density at radius 1 is 1.08 bits per heavy atom. The van der Waals surface area contributed by atoms with Gasteiger partial charge in [-0.2, -0.15) is 4.31 Å². The zero-order chi connectivity index (χ0) is 19.2. The van der Waals surface area contributed by atoms with E-state index >= 15 is 0 Å². The van der Waals surface area contributed by atoms with Crippen LogP contribution in [0.3, 0.4) is 0 Å². The topological polar surface area (TPSA) is 66.5 Å². The molecule has 140 valence electrons. The lowest BCUT2D eigenvalue weighted by Gasteiger charge is -2.18. The van der Waals surface area contributed by atoms with E-state index in [1.807, 2.05) is 31.2 Å². The first-order valence-electron chi connectivity index (χ1n) is 8.47. The average Bonchev–Trinajstić information content (AvgIpc) is 2.62. The number of benzene rings is 2. The summed E-state index contributed by atoms with van der Waals surface area (Å²) in [5.41, 5.74) is 1.60. The van der Waals surface area contributed by atoms with Crippen molar-refractivity contribution in [1.82, 2.24) is 4.31 Å². The van der Waals surface area contributed by atoms with Crippen molar-refractivity contribution in [3.05, 3.63) is 54.1 Å². The summed E-state index contributed by atoms with van der Waals surface area (Å²) in [5, 5.41) is 2.78.